The molecule has 3 heteroatoms. The molecular formula is C15H21N3. The summed E-state index contributed by atoms with van der Waals surface area (Å²) in [5, 5.41) is 3.28. The zero-order chi connectivity index (χ0) is 12.4. The van der Waals surface area contributed by atoms with E-state index in [1.807, 2.05) is 0 Å². The number of aliphatic imine (C=N–C) groups is 1. The first-order chi connectivity index (χ1) is 8.83. The maximum Gasteiger partial charge on any atom is 0.193 e. The number of rotatable bonds is 3. The average molecular weight is 243 g/mol. The van der Waals surface area contributed by atoms with Crippen molar-refractivity contribution in [3.05, 3.63) is 29.3 Å². The van der Waals surface area contributed by atoms with Crippen LogP contribution in [-0.4, -0.2) is 12.5 Å². The van der Waals surface area contributed by atoms with Crippen LogP contribution in [0.15, 0.2) is 23.2 Å². The SMILES string of the molecule is NC(=NCC1CC1)Nc1cccc2c1CCCC2. The van der Waals surface area contributed by atoms with Gasteiger partial charge in [0.15, 0.2) is 5.96 Å². The molecule has 1 saturated carbocycles. The molecule has 0 aromatic heterocycles. The minimum absolute atomic E-state index is 0.570. The average Bonchev–Trinajstić information content (AvgIpc) is 3.21. The molecular weight excluding hydrogens is 222 g/mol. The maximum atomic E-state index is 5.95. The molecule has 0 bridgehead atoms. The van der Waals surface area contributed by atoms with E-state index in [-0.39, 0.29) is 0 Å². The maximum absolute atomic E-state index is 5.95. The van der Waals surface area contributed by atoms with Gasteiger partial charge >= 0.3 is 0 Å². The van der Waals surface area contributed by atoms with E-state index >= 15 is 0 Å². The summed E-state index contributed by atoms with van der Waals surface area (Å²) in [5.41, 5.74) is 10.0. The summed E-state index contributed by atoms with van der Waals surface area (Å²) in [6.45, 7) is 0.883. The number of nitrogens with one attached hydrogen (secondary N) is 1. The van der Waals surface area contributed by atoms with Gasteiger partial charge in [0, 0.05) is 12.2 Å². The van der Waals surface area contributed by atoms with Crippen LogP contribution in [0.4, 0.5) is 5.69 Å². The van der Waals surface area contributed by atoms with Crippen LogP contribution in [0.25, 0.3) is 0 Å². The van der Waals surface area contributed by atoms with Gasteiger partial charge in [-0.2, -0.15) is 0 Å². The van der Waals surface area contributed by atoms with E-state index in [1.54, 1.807) is 0 Å². The molecule has 96 valence electrons. The number of nitrogens with zero attached hydrogens (tertiary/aromatic N) is 1. The molecule has 1 aromatic carbocycles. The van der Waals surface area contributed by atoms with E-state index in [4.69, 9.17) is 5.73 Å². The molecule has 3 N–H and O–H groups in total. The third-order valence-electron chi connectivity index (χ3n) is 3.88. The Morgan fingerprint density at radius 2 is 2.11 bits per heavy atom. The highest BCUT2D eigenvalue weighted by Gasteiger charge is 2.20. The van der Waals surface area contributed by atoms with E-state index in [1.165, 1.54) is 43.2 Å². The first-order valence-corrected chi connectivity index (χ1v) is 7.00. The van der Waals surface area contributed by atoms with E-state index in [2.05, 4.69) is 28.5 Å². The van der Waals surface area contributed by atoms with Crippen LogP contribution < -0.4 is 11.1 Å². The molecule has 2 aliphatic carbocycles. The van der Waals surface area contributed by atoms with E-state index in [0.717, 1.165) is 24.6 Å². The fourth-order valence-corrected chi connectivity index (χ4v) is 2.60. The third kappa shape index (κ3) is 2.66. The third-order valence-corrected chi connectivity index (χ3v) is 3.88. The molecule has 0 heterocycles. The molecule has 0 unspecified atom stereocenters. The monoisotopic (exact) mass is 243 g/mol. The lowest BCUT2D eigenvalue weighted by molar-refractivity contribution is 0.687. The van der Waals surface area contributed by atoms with Crippen molar-refractivity contribution in [3.8, 4) is 0 Å². The van der Waals surface area contributed by atoms with Gasteiger partial charge < -0.3 is 11.1 Å². The Labute approximate surface area is 108 Å². The number of aryl methyl sites for hydroxylation is 1. The summed E-state index contributed by atoms with van der Waals surface area (Å²) in [6.07, 6.45) is 7.58. The van der Waals surface area contributed by atoms with Gasteiger partial charge in [0.25, 0.3) is 0 Å². The Kier molecular flexibility index (Phi) is 3.22. The second-order valence-corrected chi connectivity index (χ2v) is 5.44. The van der Waals surface area contributed by atoms with Crippen LogP contribution >= 0.6 is 0 Å². The Morgan fingerprint density at radius 3 is 2.94 bits per heavy atom. The van der Waals surface area contributed by atoms with Gasteiger partial charge in [0.05, 0.1) is 0 Å². The first-order valence-electron chi connectivity index (χ1n) is 7.00. The molecule has 2 aliphatic rings. The van der Waals surface area contributed by atoms with Crippen molar-refractivity contribution in [1.29, 1.82) is 0 Å². The smallest absolute Gasteiger partial charge is 0.193 e. The highest BCUT2D eigenvalue weighted by atomic mass is 15.1. The van der Waals surface area contributed by atoms with Crippen molar-refractivity contribution < 1.29 is 0 Å². The van der Waals surface area contributed by atoms with Gasteiger partial charge in [-0.3, -0.25) is 4.99 Å². The molecule has 1 aromatic rings. The van der Waals surface area contributed by atoms with Crippen molar-refractivity contribution in [2.75, 3.05) is 11.9 Å². The van der Waals surface area contributed by atoms with Crippen molar-refractivity contribution in [1.82, 2.24) is 0 Å². The molecule has 18 heavy (non-hydrogen) atoms. The van der Waals surface area contributed by atoms with Crippen molar-refractivity contribution >= 4 is 11.6 Å². The van der Waals surface area contributed by atoms with Gasteiger partial charge in [-0.05, 0) is 61.6 Å². The van der Waals surface area contributed by atoms with Crippen molar-refractivity contribution in [3.63, 3.8) is 0 Å². The number of anilines is 1. The molecule has 0 spiro atoms. The van der Waals surface area contributed by atoms with E-state index in [9.17, 15) is 0 Å². The topological polar surface area (TPSA) is 50.4 Å². The Bertz CT molecular complexity index is 461. The molecule has 1 fully saturated rings. The Morgan fingerprint density at radius 1 is 1.28 bits per heavy atom. The Hall–Kier alpha value is -1.51. The van der Waals surface area contributed by atoms with Gasteiger partial charge in [-0.15, -0.1) is 0 Å². The van der Waals surface area contributed by atoms with Gasteiger partial charge in [-0.25, -0.2) is 0 Å². The molecule has 0 atom stereocenters. The summed E-state index contributed by atoms with van der Waals surface area (Å²) in [6, 6.07) is 6.46. The largest absolute Gasteiger partial charge is 0.370 e. The molecule has 3 nitrogen and oxygen atoms in total. The first kappa shape index (κ1) is 11.6. The molecule has 0 amide bonds. The number of hydrogen-bond donors (Lipinski definition) is 2. The molecule has 3 rings (SSSR count). The number of benzene rings is 1. The summed E-state index contributed by atoms with van der Waals surface area (Å²) in [7, 11) is 0. The van der Waals surface area contributed by atoms with Crippen molar-refractivity contribution in [2.24, 2.45) is 16.6 Å². The fraction of sp³-hybridized carbons (Fsp3) is 0.533. The zero-order valence-electron chi connectivity index (χ0n) is 10.8. The lowest BCUT2D eigenvalue weighted by Crippen LogP contribution is -2.24. The number of hydrogen-bond acceptors (Lipinski definition) is 1. The normalized spacial score (nSPS) is 19.4. The summed E-state index contributed by atoms with van der Waals surface area (Å²) in [4.78, 5) is 4.41. The summed E-state index contributed by atoms with van der Waals surface area (Å²) >= 11 is 0. The zero-order valence-corrected chi connectivity index (χ0v) is 10.8. The van der Waals surface area contributed by atoms with Crippen LogP contribution in [0.3, 0.4) is 0 Å². The summed E-state index contributed by atoms with van der Waals surface area (Å²) < 4.78 is 0. The van der Waals surface area contributed by atoms with Crippen LogP contribution in [0.5, 0.6) is 0 Å². The van der Waals surface area contributed by atoms with Gasteiger partial charge in [0.1, 0.15) is 0 Å². The molecule has 0 aliphatic heterocycles. The second-order valence-electron chi connectivity index (χ2n) is 5.44. The second kappa shape index (κ2) is 5.01. The van der Waals surface area contributed by atoms with E-state index in [0.29, 0.717) is 5.96 Å². The van der Waals surface area contributed by atoms with Crippen molar-refractivity contribution in [2.45, 2.75) is 38.5 Å². The lowest BCUT2D eigenvalue weighted by Gasteiger charge is -2.19. The van der Waals surface area contributed by atoms with Crippen LogP contribution in [0.2, 0.25) is 0 Å². The number of guanidine groups is 1. The Balaban J connectivity index is 1.73. The minimum Gasteiger partial charge on any atom is -0.370 e. The van der Waals surface area contributed by atoms with Gasteiger partial charge in [0.2, 0.25) is 0 Å². The fourth-order valence-electron chi connectivity index (χ4n) is 2.60. The van der Waals surface area contributed by atoms with Crippen LogP contribution in [-0.2, 0) is 12.8 Å². The van der Waals surface area contributed by atoms with Gasteiger partial charge in [-0.1, -0.05) is 12.1 Å². The summed E-state index contributed by atoms with van der Waals surface area (Å²) in [5.74, 6) is 1.36. The van der Waals surface area contributed by atoms with E-state index < -0.39 is 0 Å². The molecule has 0 saturated heterocycles. The molecule has 0 radical (unpaired) electrons. The number of fused-ring (bicyclic) bond motifs is 1. The standard InChI is InChI=1S/C15H21N3/c16-15(17-10-11-8-9-11)18-14-7-3-5-12-4-1-2-6-13(12)14/h3,5,7,11H,1-2,4,6,8-10H2,(H3,16,17,18). The minimum atomic E-state index is 0.570. The quantitative estimate of drug-likeness (QED) is 0.633. The predicted molar refractivity (Wildman–Crippen MR) is 75.9 cm³/mol. The van der Waals surface area contributed by atoms with Crippen LogP contribution in [0, 0.1) is 5.92 Å². The predicted octanol–water partition coefficient (Wildman–Crippen LogP) is 2.70. The lowest BCUT2D eigenvalue weighted by atomic mass is 9.90. The number of nitrogens with two attached hydrogens (primary N) is 1. The van der Waals surface area contributed by atoms with Crippen LogP contribution in [0.1, 0.15) is 36.8 Å². The highest BCUT2D eigenvalue weighted by molar-refractivity contribution is 5.93. The highest BCUT2D eigenvalue weighted by Crippen LogP contribution is 2.29.